The van der Waals surface area contributed by atoms with Gasteiger partial charge in [0.25, 0.3) is 20.2 Å². The quantitative estimate of drug-likeness (QED) is 0.0173. The molecule has 1 fully saturated rings. The third kappa shape index (κ3) is 32.0. The second-order valence-corrected chi connectivity index (χ2v) is 29.1. The average Bonchev–Trinajstić information content (AvgIpc) is 1.03. The standard InChI is InChI=1S/C67H101ClN14O19S2/c1-8-71-25-20-50-63(91)79-51(21-26-73-38-103(99,100)101)66(94)82-59(41(5)84)67(95)75-28-22-52(64(92)78-49(19-23-69-6)65(93)80-54(30-42-13-10-9-11-14-42)56(86)34-46(29-39(2)3)61(89)76-50)77-62(90)47(36-70-7)35-57(87)58(40(4)83)81-60(88)45(17-24-72-37-102(96,97)98)33-55(85)44-18-27-74-53(32-44)43-15-12-16-48(68)31-43/h9-16,18,27,31-32,39-41,45-47,49-52,54,58-59,69-73,83-84H,8,17,19-26,28-30,33-38H2,1-7H3,(H,75,95)(H,76,89)(H,77,90)(H,78,92)(H,79,91)(H,80,93)(H,81,88)(H,82,94)(H,96,97,98)(H,99,100,101)/t40-,41-,45-,46-,47+,49+,50+,51+,52+,54-,58+,59+/m1/s1. The molecule has 0 bridgehead atoms. The van der Waals surface area contributed by atoms with Gasteiger partial charge in [0.05, 0.1) is 29.9 Å². The van der Waals surface area contributed by atoms with E-state index < -0.39 is 208 Å². The molecule has 4 rings (SSSR count). The van der Waals surface area contributed by atoms with Gasteiger partial charge >= 0.3 is 0 Å². The largest absolute Gasteiger partial charge is 0.391 e. The fourth-order valence-corrected chi connectivity index (χ4v) is 12.2. The van der Waals surface area contributed by atoms with Crippen molar-refractivity contribution in [3.05, 3.63) is 89.1 Å². The number of aromatic nitrogens is 1. The zero-order chi connectivity index (χ0) is 76.6. The lowest BCUT2D eigenvalue weighted by atomic mass is 9.88. The van der Waals surface area contributed by atoms with Gasteiger partial charge < -0.3 is 79.3 Å². The van der Waals surface area contributed by atoms with Gasteiger partial charge in [0, 0.05) is 66.5 Å². The minimum absolute atomic E-state index is 0.0601. The number of nitrogens with one attached hydrogen (secondary N) is 13. The van der Waals surface area contributed by atoms with Crippen LogP contribution < -0.4 is 69.1 Å². The summed E-state index contributed by atoms with van der Waals surface area (Å²) in [7, 11) is -6.10. The van der Waals surface area contributed by atoms with Gasteiger partial charge in [0.1, 0.15) is 48.0 Å². The normalized spacial score (nSPS) is 21.1. The molecule has 36 heteroatoms. The van der Waals surface area contributed by atoms with E-state index in [0.717, 1.165) is 6.92 Å². The van der Waals surface area contributed by atoms with Gasteiger partial charge in [0.15, 0.2) is 17.3 Å². The Morgan fingerprint density at radius 2 is 1.24 bits per heavy atom. The van der Waals surface area contributed by atoms with E-state index in [2.05, 4.69) is 74.1 Å². The minimum Gasteiger partial charge on any atom is -0.391 e. The highest BCUT2D eigenvalue weighted by molar-refractivity contribution is 7.85. The summed E-state index contributed by atoms with van der Waals surface area (Å²) >= 11 is 6.20. The molecule has 0 unspecified atom stereocenters. The molecule has 8 amide bonds. The summed E-state index contributed by atoms with van der Waals surface area (Å²) < 4.78 is 65.2. The monoisotopic (exact) mass is 1500 g/mol. The number of hydrogen-bond donors (Lipinski definition) is 17. The van der Waals surface area contributed by atoms with Crippen molar-refractivity contribution in [2.24, 2.45) is 23.7 Å². The smallest absolute Gasteiger partial charge is 0.278 e. The van der Waals surface area contributed by atoms with E-state index in [9.17, 15) is 88.9 Å². The van der Waals surface area contributed by atoms with Crippen LogP contribution in [0.25, 0.3) is 11.3 Å². The van der Waals surface area contributed by atoms with Crippen molar-refractivity contribution >= 4 is 96.4 Å². The number of aliphatic hydroxyl groups is 2. The first kappa shape index (κ1) is 87.6. The minimum atomic E-state index is -4.58. The first-order valence-electron chi connectivity index (χ1n) is 34.1. The van der Waals surface area contributed by atoms with Crippen LogP contribution in [0.2, 0.25) is 5.02 Å². The highest BCUT2D eigenvalue weighted by Crippen LogP contribution is 2.25. The molecule has 0 saturated carbocycles. The predicted molar refractivity (Wildman–Crippen MR) is 381 cm³/mol. The van der Waals surface area contributed by atoms with Crippen LogP contribution in [-0.2, 0) is 74.6 Å². The van der Waals surface area contributed by atoms with Crippen molar-refractivity contribution in [3.8, 4) is 11.3 Å². The predicted octanol–water partition coefficient (Wildman–Crippen LogP) is -1.82. The van der Waals surface area contributed by atoms with Crippen molar-refractivity contribution in [3.63, 3.8) is 0 Å². The van der Waals surface area contributed by atoms with E-state index in [-0.39, 0.29) is 76.3 Å². The van der Waals surface area contributed by atoms with Crippen LogP contribution in [-0.4, -0.2) is 232 Å². The number of carbonyl (C=O) groups excluding carboxylic acids is 11. The first-order chi connectivity index (χ1) is 48.6. The molecule has 0 aliphatic carbocycles. The molecular weight excluding hydrogens is 1400 g/mol. The average molecular weight is 1510 g/mol. The van der Waals surface area contributed by atoms with Crippen molar-refractivity contribution in [2.45, 2.75) is 153 Å². The summed E-state index contributed by atoms with van der Waals surface area (Å²) in [6.45, 7) is 7.00. The Morgan fingerprint density at radius 1 is 0.650 bits per heavy atom. The summed E-state index contributed by atoms with van der Waals surface area (Å²) in [5.41, 5.74) is 1.66. The van der Waals surface area contributed by atoms with Gasteiger partial charge in [0.2, 0.25) is 47.3 Å². The molecule has 17 N–H and O–H groups in total. The second kappa shape index (κ2) is 44.1. The lowest BCUT2D eigenvalue weighted by molar-refractivity contribution is -0.136. The Kier molecular flexibility index (Phi) is 37.5. The third-order valence-corrected chi connectivity index (χ3v) is 18.1. The number of carbonyl (C=O) groups is 11. The molecule has 1 aliphatic heterocycles. The molecule has 1 aliphatic rings. The molecule has 0 spiro atoms. The van der Waals surface area contributed by atoms with Gasteiger partial charge in [-0.1, -0.05) is 74.8 Å². The number of rotatable bonds is 36. The van der Waals surface area contributed by atoms with E-state index in [4.69, 9.17) is 11.6 Å². The van der Waals surface area contributed by atoms with Crippen molar-refractivity contribution in [1.82, 2.24) is 74.1 Å². The zero-order valence-electron chi connectivity index (χ0n) is 58.9. The summed E-state index contributed by atoms with van der Waals surface area (Å²) in [5.74, 6) is -15.7. The van der Waals surface area contributed by atoms with Crippen molar-refractivity contribution < 1.29 is 88.9 Å². The van der Waals surface area contributed by atoms with E-state index >= 15 is 0 Å². The molecule has 3 aromatic rings. The fraction of sp³-hybridized carbons (Fsp3) is 0.582. The first-order valence-corrected chi connectivity index (χ1v) is 37.7. The number of ketones is 3. The Balaban J connectivity index is 1.78. The Bertz CT molecular complexity index is 3580. The maximum absolute atomic E-state index is 14.9. The maximum Gasteiger partial charge on any atom is 0.278 e. The molecule has 572 valence electrons. The van der Waals surface area contributed by atoms with E-state index in [1.807, 2.05) is 0 Å². The molecule has 2 aromatic carbocycles. The number of halogens is 1. The molecule has 12 atom stereocenters. The van der Waals surface area contributed by atoms with Gasteiger partial charge in [-0.05, 0) is 141 Å². The van der Waals surface area contributed by atoms with E-state index in [1.54, 1.807) is 82.4 Å². The molecule has 1 aromatic heterocycles. The Hall–Kier alpha value is -7.81. The van der Waals surface area contributed by atoms with Crippen LogP contribution in [0.15, 0.2) is 72.9 Å². The second-order valence-electron chi connectivity index (χ2n) is 25.8. The van der Waals surface area contributed by atoms with Crippen molar-refractivity contribution in [1.29, 1.82) is 0 Å². The van der Waals surface area contributed by atoms with E-state index in [1.165, 1.54) is 32.3 Å². The van der Waals surface area contributed by atoms with Crippen LogP contribution >= 0.6 is 11.6 Å². The van der Waals surface area contributed by atoms with Crippen LogP contribution in [0.3, 0.4) is 0 Å². The lowest BCUT2D eigenvalue weighted by Gasteiger charge is -2.28. The Morgan fingerprint density at radius 3 is 1.83 bits per heavy atom. The van der Waals surface area contributed by atoms with Crippen LogP contribution in [0.1, 0.15) is 108 Å². The van der Waals surface area contributed by atoms with E-state index in [0.29, 0.717) is 28.4 Å². The number of benzene rings is 2. The van der Waals surface area contributed by atoms with Crippen LogP contribution in [0.4, 0.5) is 0 Å². The summed E-state index contributed by atoms with van der Waals surface area (Å²) in [5, 5.41) is 57.0. The number of pyridine rings is 1. The number of Topliss-reactive ketones (excluding diaryl/α,β-unsaturated/α-hetero) is 3. The topological polar surface area (TPSA) is 506 Å². The van der Waals surface area contributed by atoms with Crippen molar-refractivity contribution in [2.75, 3.05) is 71.7 Å². The third-order valence-electron chi connectivity index (χ3n) is 16.7. The number of hydrogen-bond acceptors (Lipinski definition) is 23. The molecule has 2 heterocycles. The number of nitrogens with zero attached hydrogens (tertiary/aromatic N) is 1. The summed E-state index contributed by atoms with van der Waals surface area (Å²) in [4.78, 5) is 164. The lowest BCUT2D eigenvalue weighted by Crippen LogP contribution is -2.60. The van der Waals surface area contributed by atoms with Crippen LogP contribution in [0.5, 0.6) is 0 Å². The van der Waals surface area contributed by atoms with Gasteiger partial charge in [-0.3, -0.25) is 66.8 Å². The SMILES string of the molecule is CCNCC[C@@H]1NC(=O)[C@H](CC(C)C)CC(=O)[C@@H](Cc2ccccc2)NC(=O)[C@H](CCNC)NC(=O)[C@@H](NC(=O)[C@H](CNC)CC(=O)[C@@H](NC(=O)[C@H](CCNCS(=O)(=O)O)CC(=O)c2ccnc(-c3cccc(Cl)c3)c2)[C@@H](C)O)CCNC(=O)[C@H]([C@@H](C)O)NC(=O)[C@H](CCNCS(=O)(=O)O)NC1=O. The van der Waals surface area contributed by atoms with Gasteiger partial charge in [-0.2, -0.15) is 16.8 Å². The molecule has 33 nitrogen and oxygen atoms in total. The fourth-order valence-electron chi connectivity index (χ4n) is 11.2. The van der Waals surface area contributed by atoms with Gasteiger partial charge in [-0.15, -0.1) is 0 Å². The highest BCUT2D eigenvalue weighted by Gasteiger charge is 2.38. The Labute approximate surface area is 605 Å². The van der Waals surface area contributed by atoms with Crippen LogP contribution in [0, 0.1) is 23.7 Å². The molecule has 103 heavy (non-hydrogen) atoms. The zero-order valence-corrected chi connectivity index (χ0v) is 61.3. The highest BCUT2D eigenvalue weighted by atomic mass is 35.5. The molecule has 0 radical (unpaired) electrons. The molecular formula is C67H101ClN14O19S2. The number of amides is 8. The summed E-state index contributed by atoms with van der Waals surface area (Å²) in [6.07, 6.45) is -5.06. The number of aliphatic hydroxyl groups excluding tert-OH is 2. The summed E-state index contributed by atoms with van der Waals surface area (Å²) in [6, 6.07) is 6.99. The molecule has 1 saturated heterocycles. The maximum atomic E-state index is 14.9. The van der Waals surface area contributed by atoms with Gasteiger partial charge in [-0.25, -0.2) is 0 Å².